The fourth-order valence-corrected chi connectivity index (χ4v) is 2.11. The van der Waals surface area contributed by atoms with Crippen LogP contribution in [-0.4, -0.2) is 21.0 Å². The first kappa shape index (κ1) is 16.7. The van der Waals surface area contributed by atoms with Gasteiger partial charge in [0.1, 0.15) is 12.0 Å². The summed E-state index contributed by atoms with van der Waals surface area (Å²) in [5.41, 5.74) is 1.44. The van der Waals surface area contributed by atoms with Crippen molar-refractivity contribution in [2.75, 3.05) is 5.32 Å². The molecule has 25 heavy (non-hydrogen) atoms. The Morgan fingerprint density at radius 2 is 2.12 bits per heavy atom. The molecular formula is C16H14ClN5O3. The minimum atomic E-state index is -0.443. The van der Waals surface area contributed by atoms with Crippen LogP contribution in [0.15, 0.2) is 47.2 Å². The third kappa shape index (κ3) is 4.67. The molecule has 0 aliphatic rings. The zero-order valence-corrected chi connectivity index (χ0v) is 13.9. The van der Waals surface area contributed by atoms with Gasteiger partial charge in [-0.2, -0.15) is 9.97 Å². The van der Waals surface area contributed by atoms with Gasteiger partial charge in [0.05, 0.1) is 5.69 Å². The summed E-state index contributed by atoms with van der Waals surface area (Å²) >= 11 is 5.75. The Kier molecular flexibility index (Phi) is 5.10. The average molecular weight is 360 g/mol. The third-order valence-electron chi connectivity index (χ3n) is 3.07. The van der Waals surface area contributed by atoms with Crippen molar-refractivity contribution in [1.82, 2.24) is 20.3 Å². The molecule has 0 spiro atoms. The Balaban J connectivity index is 1.63. The maximum Gasteiger partial charge on any atom is 0.323 e. The number of halogens is 1. The lowest BCUT2D eigenvalue weighted by Crippen LogP contribution is -2.28. The molecule has 0 atom stereocenters. The predicted octanol–water partition coefficient (Wildman–Crippen LogP) is 3.54. The maximum atomic E-state index is 11.9. The van der Waals surface area contributed by atoms with E-state index in [1.54, 1.807) is 19.1 Å². The molecule has 0 unspecified atom stereocenters. The summed E-state index contributed by atoms with van der Waals surface area (Å²) in [4.78, 5) is 23.7. The van der Waals surface area contributed by atoms with Crippen molar-refractivity contribution >= 4 is 23.6 Å². The number of hydrogen-bond donors (Lipinski definition) is 2. The number of anilines is 1. The molecule has 2 N–H and O–H groups in total. The number of ether oxygens (including phenoxy) is 1. The van der Waals surface area contributed by atoms with E-state index >= 15 is 0 Å². The van der Waals surface area contributed by atoms with Crippen LogP contribution >= 0.6 is 11.6 Å². The molecule has 0 bridgehead atoms. The average Bonchev–Trinajstić information content (AvgIpc) is 2.99. The molecule has 2 aromatic heterocycles. The highest BCUT2D eigenvalue weighted by molar-refractivity contribution is 6.28. The summed E-state index contributed by atoms with van der Waals surface area (Å²) < 4.78 is 10.8. The number of nitrogens with zero attached hydrogens (tertiary/aromatic N) is 3. The summed E-state index contributed by atoms with van der Waals surface area (Å²) in [5.74, 6) is 0.858. The van der Waals surface area contributed by atoms with Crippen LogP contribution in [-0.2, 0) is 6.54 Å². The van der Waals surface area contributed by atoms with Crippen molar-refractivity contribution in [3.05, 3.63) is 59.3 Å². The van der Waals surface area contributed by atoms with Crippen LogP contribution in [0, 0.1) is 6.92 Å². The van der Waals surface area contributed by atoms with E-state index in [2.05, 4.69) is 25.6 Å². The molecule has 0 radical (unpaired) electrons. The van der Waals surface area contributed by atoms with Crippen LogP contribution in [0.3, 0.4) is 0 Å². The SMILES string of the molecule is Cc1coc(NC(=O)NCc2ccccc2Oc2ccnc(Cl)n2)n1. The minimum absolute atomic E-state index is 0.0914. The molecule has 0 aliphatic heterocycles. The molecule has 3 aromatic rings. The van der Waals surface area contributed by atoms with Gasteiger partial charge in [-0.1, -0.05) is 18.2 Å². The number of carbonyl (C=O) groups excluding carboxylic acids is 1. The van der Waals surface area contributed by atoms with Gasteiger partial charge in [-0.25, -0.2) is 9.78 Å². The van der Waals surface area contributed by atoms with E-state index in [4.69, 9.17) is 20.8 Å². The number of benzene rings is 1. The van der Waals surface area contributed by atoms with Crippen LogP contribution in [0.25, 0.3) is 0 Å². The molecule has 3 rings (SSSR count). The van der Waals surface area contributed by atoms with E-state index in [9.17, 15) is 4.79 Å². The fraction of sp³-hybridized carbons (Fsp3) is 0.125. The van der Waals surface area contributed by atoms with E-state index < -0.39 is 6.03 Å². The molecule has 2 heterocycles. The van der Waals surface area contributed by atoms with Crippen molar-refractivity contribution in [2.24, 2.45) is 0 Å². The first-order valence-corrected chi connectivity index (χ1v) is 7.69. The lowest BCUT2D eigenvalue weighted by Gasteiger charge is -2.11. The second-order valence-electron chi connectivity index (χ2n) is 4.98. The van der Waals surface area contributed by atoms with Crippen molar-refractivity contribution in [1.29, 1.82) is 0 Å². The number of rotatable bonds is 5. The van der Waals surface area contributed by atoms with Gasteiger partial charge in [-0.3, -0.25) is 5.32 Å². The topological polar surface area (TPSA) is 102 Å². The molecule has 0 aliphatic carbocycles. The highest BCUT2D eigenvalue weighted by atomic mass is 35.5. The number of aryl methyl sites for hydroxylation is 1. The lowest BCUT2D eigenvalue weighted by molar-refractivity contribution is 0.251. The van der Waals surface area contributed by atoms with Gasteiger partial charge in [-0.15, -0.1) is 0 Å². The van der Waals surface area contributed by atoms with Gasteiger partial charge in [-0.05, 0) is 24.6 Å². The monoisotopic (exact) mass is 359 g/mol. The van der Waals surface area contributed by atoms with Gasteiger partial charge < -0.3 is 14.5 Å². The fourth-order valence-electron chi connectivity index (χ4n) is 1.97. The highest BCUT2D eigenvalue weighted by Gasteiger charge is 2.09. The van der Waals surface area contributed by atoms with Gasteiger partial charge in [0.25, 0.3) is 0 Å². The molecule has 0 fully saturated rings. The normalized spacial score (nSPS) is 10.3. The third-order valence-corrected chi connectivity index (χ3v) is 3.25. The van der Waals surface area contributed by atoms with E-state index in [1.807, 2.05) is 18.2 Å². The number of urea groups is 1. The summed E-state index contributed by atoms with van der Waals surface area (Å²) in [6.45, 7) is 2.00. The molecular weight excluding hydrogens is 346 g/mol. The van der Waals surface area contributed by atoms with E-state index in [0.29, 0.717) is 17.3 Å². The largest absolute Gasteiger partial charge is 0.439 e. The second kappa shape index (κ2) is 7.63. The molecule has 128 valence electrons. The maximum absolute atomic E-state index is 11.9. The first-order chi connectivity index (χ1) is 12.1. The van der Waals surface area contributed by atoms with Gasteiger partial charge >= 0.3 is 12.0 Å². The summed E-state index contributed by atoms with van der Waals surface area (Å²) in [6, 6.07) is 8.53. The number of aromatic nitrogens is 3. The summed E-state index contributed by atoms with van der Waals surface area (Å²) in [6.07, 6.45) is 2.95. The van der Waals surface area contributed by atoms with Crippen LogP contribution in [0.1, 0.15) is 11.3 Å². The number of oxazole rings is 1. The van der Waals surface area contributed by atoms with Crippen molar-refractivity contribution in [3.63, 3.8) is 0 Å². The zero-order valence-electron chi connectivity index (χ0n) is 13.2. The smallest absolute Gasteiger partial charge is 0.323 e. The van der Waals surface area contributed by atoms with Gasteiger partial charge in [0.15, 0.2) is 0 Å². The van der Waals surface area contributed by atoms with Crippen molar-refractivity contribution in [3.8, 4) is 11.6 Å². The quantitative estimate of drug-likeness (QED) is 0.675. The number of carbonyl (C=O) groups is 1. The summed E-state index contributed by atoms with van der Waals surface area (Å²) in [5, 5.41) is 5.30. The van der Waals surface area contributed by atoms with Crippen LogP contribution < -0.4 is 15.4 Å². The number of nitrogens with one attached hydrogen (secondary N) is 2. The molecule has 0 saturated carbocycles. The Morgan fingerprint density at radius 3 is 2.88 bits per heavy atom. The Labute approximate surface area is 148 Å². The summed E-state index contributed by atoms with van der Waals surface area (Å²) in [7, 11) is 0. The predicted molar refractivity (Wildman–Crippen MR) is 90.7 cm³/mol. The van der Waals surface area contributed by atoms with E-state index in [1.165, 1.54) is 12.5 Å². The Morgan fingerprint density at radius 1 is 1.28 bits per heavy atom. The standard InChI is InChI=1S/C16H14ClN5O3/c1-10-9-24-16(20-10)22-15(23)19-8-11-4-2-3-5-12(11)25-13-6-7-18-14(17)21-13/h2-7,9H,8H2,1H3,(H2,19,20,22,23). The van der Waals surface area contributed by atoms with Crippen LogP contribution in [0.5, 0.6) is 11.6 Å². The molecule has 2 amide bonds. The van der Waals surface area contributed by atoms with Gasteiger partial charge in [0, 0.05) is 24.4 Å². The van der Waals surface area contributed by atoms with E-state index in [-0.39, 0.29) is 17.8 Å². The Hall–Kier alpha value is -3.13. The molecule has 9 heteroatoms. The zero-order chi connectivity index (χ0) is 17.6. The van der Waals surface area contributed by atoms with Crippen LogP contribution in [0.2, 0.25) is 5.28 Å². The highest BCUT2D eigenvalue weighted by Crippen LogP contribution is 2.24. The minimum Gasteiger partial charge on any atom is -0.439 e. The molecule has 1 aromatic carbocycles. The van der Waals surface area contributed by atoms with Crippen LogP contribution in [0.4, 0.5) is 10.8 Å². The lowest BCUT2D eigenvalue weighted by atomic mass is 10.2. The van der Waals surface area contributed by atoms with Crippen molar-refractivity contribution < 1.29 is 13.9 Å². The Bertz CT molecular complexity index is 883. The number of amides is 2. The second-order valence-corrected chi connectivity index (χ2v) is 5.31. The number of hydrogen-bond acceptors (Lipinski definition) is 6. The van der Waals surface area contributed by atoms with Gasteiger partial charge in [0.2, 0.25) is 11.2 Å². The number of para-hydroxylation sites is 1. The first-order valence-electron chi connectivity index (χ1n) is 7.31. The molecule has 0 saturated heterocycles. The van der Waals surface area contributed by atoms with E-state index in [0.717, 1.165) is 5.56 Å². The molecule has 8 nitrogen and oxygen atoms in total. The van der Waals surface area contributed by atoms with Crippen molar-refractivity contribution in [2.45, 2.75) is 13.5 Å².